The molecule has 1 unspecified atom stereocenters. The lowest BCUT2D eigenvalue weighted by Gasteiger charge is -2.30. The normalized spacial score (nSPS) is 11.9. The van der Waals surface area contributed by atoms with Gasteiger partial charge in [0.2, 0.25) is 0 Å². The highest BCUT2D eigenvalue weighted by Gasteiger charge is 2.18. The van der Waals surface area contributed by atoms with Crippen LogP contribution < -0.4 is 9.64 Å². The number of hydrogen-bond acceptors (Lipinski definition) is 3. The van der Waals surface area contributed by atoms with Crippen LogP contribution in [0.1, 0.15) is 24.9 Å². The van der Waals surface area contributed by atoms with Crippen molar-refractivity contribution >= 4 is 5.69 Å². The number of ether oxygens (including phenoxy) is 1. The predicted molar refractivity (Wildman–Crippen MR) is 82.5 cm³/mol. The predicted octanol–water partition coefficient (Wildman–Crippen LogP) is 3.99. The van der Waals surface area contributed by atoms with Crippen LogP contribution in [-0.4, -0.2) is 19.3 Å². The molecule has 0 amide bonds. The SMILES string of the molecule is CCC(c1ccccc1O)N(C)c1cccc(OC)c1. The van der Waals surface area contributed by atoms with Crippen molar-refractivity contribution in [1.29, 1.82) is 0 Å². The maximum absolute atomic E-state index is 10.1. The van der Waals surface area contributed by atoms with E-state index < -0.39 is 0 Å². The van der Waals surface area contributed by atoms with Crippen LogP contribution in [0.4, 0.5) is 5.69 Å². The average Bonchev–Trinajstić information content (AvgIpc) is 2.49. The van der Waals surface area contributed by atoms with Crippen LogP contribution in [-0.2, 0) is 0 Å². The number of para-hydroxylation sites is 1. The lowest BCUT2D eigenvalue weighted by atomic mass is 10.0. The van der Waals surface area contributed by atoms with Gasteiger partial charge in [-0.15, -0.1) is 0 Å². The van der Waals surface area contributed by atoms with Gasteiger partial charge in [-0.25, -0.2) is 0 Å². The van der Waals surface area contributed by atoms with Crippen molar-refractivity contribution in [2.45, 2.75) is 19.4 Å². The Kier molecular flexibility index (Phi) is 4.51. The van der Waals surface area contributed by atoms with E-state index in [0.29, 0.717) is 5.75 Å². The number of aromatic hydroxyl groups is 1. The summed E-state index contributed by atoms with van der Waals surface area (Å²) in [5.41, 5.74) is 2.01. The van der Waals surface area contributed by atoms with Gasteiger partial charge in [0.15, 0.2) is 0 Å². The lowest BCUT2D eigenvalue weighted by Crippen LogP contribution is -2.23. The van der Waals surface area contributed by atoms with Crippen LogP contribution in [0.2, 0.25) is 0 Å². The van der Waals surface area contributed by atoms with Gasteiger partial charge in [-0.1, -0.05) is 31.2 Å². The first-order valence-electron chi connectivity index (χ1n) is 6.82. The summed E-state index contributed by atoms with van der Waals surface area (Å²) >= 11 is 0. The van der Waals surface area contributed by atoms with Crippen molar-refractivity contribution in [2.24, 2.45) is 0 Å². The van der Waals surface area contributed by atoms with Gasteiger partial charge in [-0.3, -0.25) is 0 Å². The number of phenolic OH excluding ortho intramolecular Hbond substituents is 1. The third-order valence-corrected chi connectivity index (χ3v) is 3.61. The molecule has 0 aromatic heterocycles. The number of benzene rings is 2. The number of rotatable bonds is 5. The third kappa shape index (κ3) is 2.87. The Bertz CT molecular complexity index is 568. The zero-order chi connectivity index (χ0) is 14.5. The molecule has 0 heterocycles. The summed E-state index contributed by atoms with van der Waals surface area (Å²) in [6.07, 6.45) is 0.908. The molecule has 0 saturated heterocycles. The Labute approximate surface area is 120 Å². The highest BCUT2D eigenvalue weighted by molar-refractivity contribution is 5.53. The molecular formula is C17H21NO2. The smallest absolute Gasteiger partial charge is 0.120 e. The highest BCUT2D eigenvalue weighted by Crippen LogP contribution is 2.34. The maximum Gasteiger partial charge on any atom is 0.120 e. The molecule has 20 heavy (non-hydrogen) atoms. The molecule has 1 N–H and O–H groups in total. The molecule has 106 valence electrons. The molecule has 2 aromatic carbocycles. The van der Waals surface area contributed by atoms with Crippen molar-refractivity contribution in [3.63, 3.8) is 0 Å². The van der Waals surface area contributed by atoms with Crippen LogP contribution in [0.15, 0.2) is 48.5 Å². The van der Waals surface area contributed by atoms with E-state index in [1.54, 1.807) is 13.2 Å². The van der Waals surface area contributed by atoms with E-state index in [1.165, 1.54) is 0 Å². The van der Waals surface area contributed by atoms with E-state index in [1.807, 2.05) is 49.5 Å². The second-order valence-electron chi connectivity index (χ2n) is 4.80. The van der Waals surface area contributed by atoms with Crippen molar-refractivity contribution < 1.29 is 9.84 Å². The van der Waals surface area contributed by atoms with Gasteiger partial charge in [0.25, 0.3) is 0 Å². The summed E-state index contributed by atoms with van der Waals surface area (Å²) in [5, 5.41) is 10.1. The number of methoxy groups -OCH3 is 1. The molecule has 0 aliphatic carbocycles. The van der Waals surface area contributed by atoms with E-state index in [2.05, 4.69) is 11.8 Å². The summed E-state index contributed by atoms with van der Waals surface area (Å²) in [4.78, 5) is 2.16. The number of hydrogen-bond donors (Lipinski definition) is 1. The van der Waals surface area contributed by atoms with Gasteiger partial charge in [-0.05, 0) is 24.6 Å². The van der Waals surface area contributed by atoms with Crippen molar-refractivity contribution in [3.8, 4) is 11.5 Å². The number of anilines is 1. The zero-order valence-corrected chi connectivity index (χ0v) is 12.2. The molecule has 2 rings (SSSR count). The Morgan fingerprint density at radius 2 is 1.90 bits per heavy atom. The van der Waals surface area contributed by atoms with Gasteiger partial charge in [-0.2, -0.15) is 0 Å². The summed E-state index contributed by atoms with van der Waals surface area (Å²) < 4.78 is 5.27. The first-order chi connectivity index (χ1) is 9.67. The molecule has 0 saturated carbocycles. The molecule has 0 spiro atoms. The quantitative estimate of drug-likeness (QED) is 0.892. The maximum atomic E-state index is 10.1. The molecule has 2 aromatic rings. The number of nitrogens with zero attached hydrogens (tertiary/aromatic N) is 1. The summed E-state index contributed by atoms with van der Waals surface area (Å²) in [6, 6.07) is 15.6. The van der Waals surface area contributed by atoms with Gasteiger partial charge < -0.3 is 14.7 Å². The van der Waals surface area contributed by atoms with Gasteiger partial charge >= 0.3 is 0 Å². The fourth-order valence-corrected chi connectivity index (χ4v) is 2.48. The fourth-order valence-electron chi connectivity index (χ4n) is 2.48. The lowest BCUT2D eigenvalue weighted by molar-refractivity contribution is 0.414. The third-order valence-electron chi connectivity index (χ3n) is 3.61. The molecule has 3 heteroatoms. The molecule has 3 nitrogen and oxygen atoms in total. The van der Waals surface area contributed by atoms with Crippen molar-refractivity contribution in [1.82, 2.24) is 0 Å². The molecular weight excluding hydrogens is 250 g/mol. The second kappa shape index (κ2) is 6.33. The molecule has 1 atom stereocenters. The first kappa shape index (κ1) is 14.3. The number of phenols is 1. The summed E-state index contributed by atoms with van der Waals surface area (Å²) in [7, 11) is 3.70. The highest BCUT2D eigenvalue weighted by atomic mass is 16.5. The van der Waals surface area contributed by atoms with Crippen molar-refractivity contribution in [2.75, 3.05) is 19.1 Å². The fraction of sp³-hybridized carbons (Fsp3) is 0.294. The van der Waals surface area contributed by atoms with E-state index in [-0.39, 0.29) is 6.04 Å². The Morgan fingerprint density at radius 3 is 2.55 bits per heavy atom. The minimum atomic E-state index is 0.128. The summed E-state index contributed by atoms with van der Waals surface area (Å²) in [6.45, 7) is 2.12. The van der Waals surface area contributed by atoms with Crippen molar-refractivity contribution in [3.05, 3.63) is 54.1 Å². The van der Waals surface area contributed by atoms with Crippen LogP contribution in [0.5, 0.6) is 11.5 Å². The monoisotopic (exact) mass is 271 g/mol. The molecule has 0 fully saturated rings. The van der Waals surface area contributed by atoms with E-state index >= 15 is 0 Å². The minimum Gasteiger partial charge on any atom is -0.508 e. The van der Waals surface area contributed by atoms with E-state index in [9.17, 15) is 5.11 Å². The summed E-state index contributed by atoms with van der Waals surface area (Å²) in [5.74, 6) is 1.18. The van der Waals surface area contributed by atoms with Crippen LogP contribution in [0.25, 0.3) is 0 Å². The van der Waals surface area contributed by atoms with Crippen LogP contribution >= 0.6 is 0 Å². The van der Waals surface area contributed by atoms with Crippen LogP contribution in [0, 0.1) is 0 Å². The first-order valence-corrected chi connectivity index (χ1v) is 6.82. The second-order valence-corrected chi connectivity index (χ2v) is 4.80. The Balaban J connectivity index is 2.33. The minimum absolute atomic E-state index is 0.128. The van der Waals surface area contributed by atoms with E-state index in [0.717, 1.165) is 23.4 Å². The largest absolute Gasteiger partial charge is 0.508 e. The van der Waals surface area contributed by atoms with Gasteiger partial charge in [0.1, 0.15) is 11.5 Å². The van der Waals surface area contributed by atoms with Gasteiger partial charge in [0.05, 0.1) is 13.2 Å². The molecule has 0 bridgehead atoms. The Hall–Kier alpha value is -2.16. The molecule has 0 radical (unpaired) electrons. The standard InChI is InChI=1S/C17H21NO2/c1-4-16(15-10-5-6-11-17(15)19)18(2)13-8-7-9-14(12-13)20-3/h5-12,16,19H,4H2,1-3H3. The zero-order valence-electron chi connectivity index (χ0n) is 12.2. The average molecular weight is 271 g/mol. The Morgan fingerprint density at radius 1 is 1.15 bits per heavy atom. The molecule has 0 aliphatic heterocycles. The molecule has 0 aliphatic rings. The van der Waals surface area contributed by atoms with Crippen LogP contribution in [0.3, 0.4) is 0 Å². The van der Waals surface area contributed by atoms with E-state index in [4.69, 9.17) is 4.74 Å². The van der Waals surface area contributed by atoms with Gasteiger partial charge in [0, 0.05) is 24.4 Å². The topological polar surface area (TPSA) is 32.7 Å².